The number of carbonyl (C=O) groups excluding carboxylic acids is 1. The Labute approximate surface area is 141 Å². The largest absolute Gasteiger partial charge is 0.391 e. The van der Waals surface area contributed by atoms with Gasteiger partial charge in [-0.25, -0.2) is 9.07 Å². The molecule has 1 aromatic heterocycles. The maximum atomic E-state index is 13.9. The molecule has 2 rings (SSSR count). The van der Waals surface area contributed by atoms with Crippen LogP contribution in [0.3, 0.4) is 0 Å². The van der Waals surface area contributed by atoms with Crippen LogP contribution in [-0.4, -0.2) is 33.4 Å². The van der Waals surface area contributed by atoms with Crippen LogP contribution < -0.4 is 5.32 Å². The molecule has 0 saturated carbocycles. The molecule has 24 heavy (non-hydrogen) atoms. The maximum absolute atomic E-state index is 13.9. The van der Waals surface area contributed by atoms with Gasteiger partial charge >= 0.3 is 0 Å². The molecule has 0 fully saturated rings. The van der Waals surface area contributed by atoms with E-state index in [2.05, 4.69) is 10.4 Å². The smallest absolute Gasteiger partial charge is 0.254 e. The van der Waals surface area contributed by atoms with Crippen molar-refractivity contribution in [1.29, 1.82) is 0 Å². The van der Waals surface area contributed by atoms with Crippen LogP contribution >= 0.6 is 0 Å². The highest BCUT2D eigenvalue weighted by atomic mass is 19.1. The van der Waals surface area contributed by atoms with Crippen LogP contribution in [0.4, 0.5) is 4.39 Å². The molecule has 1 atom stereocenters. The van der Waals surface area contributed by atoms with Gasteiger partial charge in [-0.3, -0.25) is 4.79 Å². The Morgan fingerprint density at radius 2 is 2.00 bits per heavy atom. The lowest BCUT2D eigenvalue weighted by Crippen LogP contribution is -2.36. The lowest BCUT2D eigenvalue weighted by Gasteiger charge is -2.20. The summed E-state index contributed by atoms with van der Waals surface area (Å²) in [7, 11) is 0. The Balaban J connectivity index is 2.11. The van der Waals surface area contributed by atoms with Gasteiger partial charge in [-0.2, -0.15) is 5.10 Å². The molecule has 0 aliphatic heterocycles. The van der Waals surface area contributed by atoms with Gasteiger partial charge in [0.2, 0.25) is 0 Å². The molecule has 1 unspecified atom stereocenters. The number of carbonyl (C=O) groups is 1. The number of halogens is 1. The van der Waals surface area contributed by atoms with Crippen LogP contribution in [-0.2, 0) is 0 Å². The molecule has 1 amide bonds. The Bertz CT molecular complexity index is 695. The second-order valence-electron chi connectivity index (χ2n) is 5.86. The van der Waals surface area contributed by atoms with E-state index >= 15 is 0 Å². The number of hydrogen-bond acceptors (Lipinski definition) is 3. The van der Waals surface area contributed by atoms with Crippen molar-refractivity contribution in [3.05, 3.63) is 47.5 Å². The molecule has 0 aliphatic carbocycles. The van der Waals surface area contributed by atoms with E-state index in [0.29, 0.717) is 16.9 Å². The van der Waals surface area contributed by atoms with Crippen LogP contribution in [0.2, 0.25) is 0 Å². The third-order valence-corrected chi connectivity index (χ3v) is 4.40. The average Bonchev–Trinajstić information content (AvgIpc) is 2.95. The number of nitrogens with zero attached hydrogens (tertiary/aromatic N) is 2. The van der Waals surface area contributed by atoms with Crippen molar-refractivity contribution in [2.24, 2.45) is 5.92 Å². The van der Waals surface area contributed by atoms with Gasteiger partial charge < -0.3 is 10.4 Å². The van der Waals surface area contributed by atoms with Crippen LogP contribution in [0.25, 0.3) is 5.69 Å². The fourth-order valence-corrected chi connectivity index (χ4v) is 2.79. The molecule has 0 radical (unpaired) electrons. The molecule has 1 heterocycles. The molecule has 2 aromatic rings. The van der Waals surface area contributed by atoms with Crippen molar-refractivity contribution in [3.63, 3.8) is 0 Å². The quantitative estimate of drug-likeness (QED) is 0.819. The number of nitrogens with one attached hydrogen (secondary N) is 1. The number of hydrogen-bond donors (Lipinski definition) is 2. The maximum Gasteiger partial charge on any atom is 0.254 e. The van der Waals surface area contributed by atoms with E-state index < -0.39 is 11.9 Å². The van der Waals surface area contributed by atoms with Crippen LogP contribution in [0.15, 0.2) is 30.5 Å². The zero-order valence-electron chi connectivity index (χ0n) is 14.3. The third-order valence-electron chi connectivity index (χ3n) is 4.40. The first-order valence-corrected chi connectivity index (χ1v) is 8.25. The molecule has 0 aliphatic rings. The minimum Gasteiger partial charge on any atom is -0.391 e. The molecular weight excluding hydrogens is 309 g/mol. The minimum atomic E-state index is -0.578. The van der Waals surface area contributed by atoms with Crippen molar-refractivity contribution in [3.8, 4) is 5.69 Å². The lowest BCUT2D eigenvalue weighted by molar-refractivity contribution is 0.0816. The SMILES string of the molecule is CCC(CC)C(O)CNC(=O)c1cnn(-c2ccccc2F)c1C. The Hall–Kier alpha value is -2.21. The third kappa shape index (κ3) is 3.82. The standard InChI is InChI=1S/C18H24FN3O2/c1-4-13(5-2)17(23)11-20-18(24)14-10-21-22(12(14)3)16-9-7-6-8-15(16)19/h6-10,13,17,23H,4-5,11H2,1-3H3,(H,20,24). The zero-order chi connectivity index (χ0) is 17.7. The number of aliphatic hydroxyl groups excluding tert-OH is 1. The molecule has 130 valence electrons. The van der Waals surface area contributed by atoms with E-state index in [0.717, 1.165) is 12.8 Å². The summed E-state index contributed by atoms with van der Waals surface area (Å²) in [5, 5.41) is 17.0. The molecule has 0 spiro atoms. The molecule has 0 saturated heterocycles. The second kappa shape index (κ2) is 8.06. The van der Waals surface area contributed by atoms with Gasteiger partial charge in [0.15, 0.2) is 0 Å². The highest BCUT2D eigenvalue weighted by molar-refractivity contribution is 5.95. The predicted molar refractivity (Wildman–Crippen MR) is 90.7 cm³/mol. The average molecular weight is 333 g/mol. The summed E-state index contributed by atoms with van der Waals surface area (Å²) >= 11 is 0. The number of aliphatic hydroxyl groups is 1. The van der Waals surface area contributed by atoms with Crippen molar-refractivity contribution >= 4 is 5.91 Å². The van der Waals surface area contributed by atoms with E-state index in [-0.39, 0.29) is 18.4 Å². The first kappa shape index (κ1) is 18.1. The zero-order valence-corrected chi connectivity index (χ0v) is 14.3. The van der Waals surface area contributed by atoms with E-state index in [1.165, 1.54) is 16.9 Å². The molecular formula is C18H24FN3O2. The van der Waals surface area contributed by atoms with E-state index in [1.54, 1.807) is 25.1 Å². The Morgan fingerprint density at radius 1 is 1.33 bits per heavy atom. The van der Waals surface area contributed by atoms with E-state index in [4.69, 9.17) is 0 Å². The summed E-state index contributed by atoms with van der Waals surface area (Å²) in [6, 6.07) is 6.27. The van der Waals surface area contributed by atoms with Gasteiger partial charge in [0, 0.05) is 6.54 Å². The van der Waals surface area contributed by atoms with Crippen LogP contribution in [0.5, 0.6) is 0 Å². The monoisotopic (exact) mass is 333 g/mol. The number of amides is 1. The summed E-state index contributed by atoms with van der Waals surface area (Å²) in [5.74, 6) is -0.563. The second-order valence-corrected chi connectivity index (χ2v) is 5.86. The van der Waals surface area contributed by atoms with Crippen LogP contribution in [0.1, 0.15) is 42.7 Å². The van der Waals surface area contributed by atoms with Crippen LogP contribution in [0, 0.1) is 18.7 Å². The molecule has 0 bridgehead atoms. The summed E-state index contributed by atoms with van der Waals surface area (Å²) in [4.78, 5) is 12.3. The van der Waals surface area contributed by atoms with E-state index in [1.807, 2.05) is 13.8 Å². The highest BCUT2D eigenvalue weighted by Crippen LogP contribution is 2.17. The fourth-order valence-electron chi connectivity index (χ4n) is 2.79. The van der Waals surface area contributed by atoms with Crippen molar-refractivity contribution < 1.29 is 14.3 Å². The lowest BCUT2D eigenvalue weighted by atomic mass is 9.96. The molecule has 1 aromatic carbocycles. The normalized spacial score (nSPS) is 12.4. The topological polar surface area (TPSA) is 67.2 Å². The van der Waals surface area contributed by atoms with Gasteiger partial charge in [-0.1, -0.05) is 38.8 Å². The summed E-state index contributed by atoms with van der Waals surface area (Å²) < 4.78 is 15.3. The number of aromatic nitrogens is 2. The molecule has 2 N–H and O–H groups in total. The number of benzene rings is 1. The first-order chi connectivity index (χ1) is 11.5. The van der Waals surface area contributed by atoms with Gasteiger partial charge in [0.05, 0.1) is 23.6 Å². The summed E-state index contributed by atoms with van der Waals surface area (Å²) in [5.41, 5.74) is 1.22. The van der Waals surface area contributed by atoms with Crippen molar-refractivity contribution in [2.45, 2.75) is 39.7 Å². The van der Waals surface area contributed by atoms with Crippen molar-refractivity contribution in [2.75, 3.05) is 6.54 Å². The van der Waals surface area contributed by atoms with Gasteiger partial charge in [-0.05, 0) is 25.0 Å². The number of para-hydroxylation sites is 1. The minimum absolute atomic E-state index is 0.160. The number of rotatable bonds is 7. The first-order valence-electron chi connectivity index (χ1n) is 8.25. The summed E-state index contributed by atoms with van der Waals surface area (Å²) in [6.45, 7) is 5.94. The van der Waals surface area contributed by atoms with Gasteiger partial charge in [0.25, 0.3) is 5.91 Å². The fraction of sp³-hybridized carbons (Fsp3) is 0.444. The van der Waals surface area contributed by atoms with Gasteiger partial charge in [-0.15, -0.1) is 0 Å². The van der Waals surface area contributed by atoms with Crippen molar-refractivity contribution in [1.82, 2.24) is 15.1 Å². The summed E-state index contributed by atoms with van der Waals surface area (Å²) in [6.07, 6.45) is 2.56. The highest BCUT2D eigenvalue weighted by Gasteiger charge is 2.20. The Kier molecular flexibility index (Phi) is 6.09. The molecule has 5 nitrogen and oxygen atoms in total. The van der Waals surface area contributed by atoms with E-state index in [9.17, 15) is 14.3 Å². The molecule has 6 heteroatoms. The predicted octanol–water partition coefficient (Wildman–Crippen LogP) is 2.85. The Morgan fingerprint density at radius 3 is 2.62 bits per heavy atom. The van der Waals surface area contributed by atoms with Gasteiger partial charge in [0.1, 0.15) is 11.5 Å².